The van der Waals surface area contributed by atoms with E-state index in [-0.39, 0.29) is 37.1 Å². The van der Waals surface area contributed by atoms with Crippen LogP contribution in [0.2, 0.25) is 0 Å². The van der Waals surface area contributed by atoms with Crippen LogP contribution in [-0.2, 0) is 27.2 Å². The molecule has 0 unspecified atom stereocenters. The number of nitrogen functional groups attached to an aromatic ring is 1. The Hall–Kier alpha value is -5.71. The molecule has 0 radical (unpaired) electrons. The second kappa shape index (κ2) is 15.8. The fraction of sp³-hybridized carbons (Fsp3) is 0.229. The van der Waals surface area contributed by atoms with Gasteiger partial charge in [0.2, 0.25) is 17.7 Å². The standard InChI is InChI=1S/C35H40N8O3/c36-31(37)26-16-12-22(13-17-26)20-28(25-8-2-1-3-9-25)33(45)43-30(21-23-14-15-24-7-4-5-10-27(24)19-23)34(46)42-29(32(38)44)11-6-18-41-35(39)40/h1-5,7-10,12-17,19,28-30H,6,11,18,20-21H2,(H3,36,37)(H2,38,44)(H,42,46)(H,43,45)(H4,39,40,41)/t28-,29+,30+/m1/s1. The predicted molar refractivity (Wildman–Crippen MR) is 181 cm³/mol. The van der Waals surface area contributed by atoms with Gasteiger partial charge in [-0.15, -0.1) is 0 Å². The Labute approximate surface area is 267 Å². The molecule has 0 saturated heterocycles. The van der Waals surface area contributed by atoms with Gasteiger partial charge in [-0.3, -0.25) is 24.8 Å². The number of amidine groups is 1. The summed E-state index contributed by atoms with van der Waals surface area (Å²) in [5.41, 5.74) is 25.1. The van der Waals surface area contributed by atoms with Crippen molar-refractivity contribution in [3.05, 3.63) is 119 Å². The van der Waals surface area contributed by atoms with Gasteiger partial charge in [-0.25, -0.2) is 0 Å². The molecular formula is C35H40N8O3. The number of amides is 3. The first-order chi connectivity index (χ1) is 22.1. The van der Waals surface area contributed by atoms with Gasteiger partial charge in [0.1, 0.15) is 17.9 Å². The lowest BCUT2D eigenvalue weighted by Gasteiger charge is -2.25. The molecule has 4 aromatic rings. The van der Waals surface area contributed by atoms with Crippen molar-refractivity contribution in [2.24, 2.45) is 27.9 Å². The number of nitrogens with zero attached hydrogens (tertiary/aromatic N) is 1. The molecule has 46 heavy (non-hydrogen) atoms. The Balaban J connectivity index is 1.61. The molecule has 3 amide bonds. The zero-order valence-electron chi connectivity index (χ0n) is 25.5. The number of nitrogens with two attached hydrogens (primary N) is 4. The quantitative estimate of drug-likeness (QED) is 0.0600. The fourth-order valence-corrected chi connectivity index (χ4v) is 5.25. The Morgan fingerprint density at radius 2 is 1.33 bits per heavy atom. The van der Waals surface area contributed by atoms with Gasteiger partial charge in [0.15, 0.2) is 5.96 Å². The first-order valence-corrected chi connectivity index (χ1v) is 15.0. The van der Waals surface area contributed by atoms with Gasteiger partial charge < -0.3 is 33.6 Å². The van der Waals surface area contributed by atoms with E-state index in [0.717, 1.165) is 27.5 Å². The van der Waals surface area contributed by atoms with E-state index >= 15 is 0 Å². The van der Waals surface area contributed by atoms with Crippen molar-refractivity contribution >= 4 is 40.3 Å². The highest BCUT2D eigenvalue weighted by Gasteiger charge is 2.29. The molecule has 4 rings (SSSR count). The normalized spacial score (nSPS) is 12.8. The number of carbonyl (C=O) groups excluding carboxylic acids is 3. The Morgan fingerprint density at radius 3 is 1.98 bits per heavy atom. The van der Waals surface area contributed by atoms with Crippen LogP contribution < -0.4 is 33.6 Å². The van der Waals surface area contributed by atoms with Gasteiger partial charge in [0, 0.05) is 18.5 Å². The average molecular weight is 621 g/mol. The van der Waals surface area contributed by atoms with Crippen molar-refractivity contribution in [3.8, 4) is 0 Å². The third kappa shape index (κ3) is 9.39. The van der Waals surface area contributed by atoms with Gasteiger partial charge in [-0.05, 0) is 46.7 Å². The molecule has 0 fully saturated rings. The Morgan fingerprint density at radius 1 is 0.696 bits per heavy atom. The first kappa shape index (κ1) is 33.2. The molecule has 4 aromatic carbocycles. The summed E-state index contributed by atoms with van der Waals surface area (Å²) < 4.78 is 0. The van der Waals surface area contributed by atoms with Crippen LogP contribution in [0.25, 0.3) is 10.8 Å². The van der Waals surface area contributed by atoms with Crippen LogP contribution >= 0.6 is 0 Å². The summed E-state index contributed by atoms with van der Waals surface area (Å²) in [6.45, 7) is 0.269. The zero-order chi connectivity index (χ0) is 33.1. The lowest BCUT2D eigenvalue weighted by Crippen LogP contribution is -2.54. The first-order valence-electron chi connectivity index (χ1n) is 15.0. The highest BCUT2D eigenvalue weighted by molar-refractivity contribution is 5.95. The number of nitrogens with one attached hydrogen (secondary N) is 3. The SMILES string of the molecule is N=C(N)c1ccc(C[C@@H](C(=O)N[C@@H](Cc2ccc3ccccc3c2)C(=O)N[C@@H](CCCN=C(N)N)C(N)=O)c2ccccc2)cc1. The summed E-state index contributed by atoms with van der Waals surface area (Å²) in [7, 11) is 0. The van der Waals surface area contributed by atoms with E-state index < -0.39 is 29.8 Å². The lowest BCUT2D eigenvalue weighted by atomic mass is 9.90. The molecule has 3 atom stereocenters. The summed E-state index contributed by atoms with van der Waals surface area (Å²) in [5, 5.41) is 15.4. The largest absolute Gasteiger partial charge is 0.384 e. The van der Waals surface area contributed by atoms with Gasteiger partial charge in [-0.1, -0.05) is 97.1 Å². The molecule has 0 spiro atoms. The van der Waals surface area contributed by atoms with Gasteiger partial charge in [0.05, 0.1) is 5.92 Å². The highest BCUT2D eigenvalue weighted by atomic mass is 16.2. The van der Waals surface area contributed by atoms with Gasteiger partial charge in [-0.2, -0.15) is 0 Å². The van der Waals surface area contributed by atoms with Crippen LogP contribution in [0.5, 0.6) is 0 Å². The maximum Gasteiger partial charge on any atom is 0.243 e. The minimum Gasteiger partial charge on any atom is -0.384 e. The molecule has 0 aliphatic rings. The van der Waals surface area contributed by atoms with Crippen molar-refractivity contribution < 1.29 is 14.4 Å². The van der Waals surface area contributed by atoms with Crippen molar-refractivity contribution in [1.82, 2.24) is 10.6 Å². The minimum atomic E-state index is -1.01. The van der Waals surface area contributed by atoms with E-state index in [2.05, 4.69) is 15.6 Å². The molecule has 11 heteroatoms. The maximum absolute atomic E-state index is 14.1. The number of fused-ring (bicyclic) bond motifs is 1. The van der Waals surface area contributed by atoms with Crippen LogP contribution in [0.15, 0.2) is 102 Å². The second-order valence-corrected chi connectivity index (χ2v) is 11.1. The second-order valence-electron chi connectivity index (χ2n) is 11.1. The van der Waals surface area contributed by atoms with Crippen LogP contribution in [-0.4, -0.2) is 48.1 Å². The topological polar surface area (TPSA) is 216 Å². The minimum absolute atomic E-state index is 0.0445. The van der Waals surface area contributed by atoms with Crippen molar-refractivity contribution in [2.75, 3.05) is 6.54 Å². The van der Waals surface area contributed by atoms with E-state index in [0.29, 0.717) is 18.4 Å². The van der Waals surface area contributed by atoms with E-state index in [1.807, 2.05) is 84.9 Å². The van der Waals surface area contributed by atoms with Crippen LogP contribution in [0.1, 0.15) is 41.0 Å². The number of rotatable bonds is 15. The third-order valence-electron chi connectivity index (χ3n) is 7.72. The molecule has 0 heterocycles. The molecule has 11 nitrogen and oxygen atoms in total. The van der Waals surface area contributed by atoms with Crippen LogP contribution in [0.4, 0.5) is 0 Å². The fourth-order valence-electron chi connectivity index (χ4n) is 5.25. The highest BCUT2D eigenvalue weighted by Crippen LogP contribution is 2.23. The summed E-state index contributed by atoms with van der Waals surface area (Å²) in [5.74, 6) is -2.35. The van der Waals surface area contributed by atoms with E-state index in [4.69, 9.17) is 28.3 Å². The number of carbonyl (C=O) groups is 3. The molecule has 0 aliphatic heterocycles. The number of aliphatic imine (C=N–C) groups is 1. The number of benzene rings is 4. The lowest BCUT2D eigenvalue weighted by molar-refractivity contribution is -0.131. The number of guanidine groups is 1. The zero-order valence-corrected chi connectivity index (χ0v) is 25.5. The van der Waals surface area contributed by atoms with E-state index in [9.17, 15) is 14.4 Å². The summed E-state index contributed by atoms with van der Waals surface area (Å²) >= 11 is 0. The molecule has 0 bridgehead atoms. The Bertz CT molecular complexity index is 1700. The van der Waals surface area contributed by atoms with E-state index in [1.54, 1.807) is 12.1 Å². The van der Waals surface area contributed by atoms with Crippen molar-refractivity contribution in [3.63, 3.8) is 0 Å². The smallest absolute Gasteiger partial charge is 0.243 e. The summed E-state index contributed by atoms with van der Waals surface area (Å²) in [6.07, 6.45) is 1.15. The average Bonchev–Trinajstić information content (AvgIpc) is 3.04. The summed E-state index contributed by atoms with van der Waals surface area (Å²) in [6, 6.07) is 28.2. The number of hydrogen-bond acceptors (Lipinski definition) is 5. The molecule has 238 valence electrons. The number of primary amides is 1. The van der Waals surface area contributed by atoms with Crippen molar-refractivity contribution in [1.29, 1.82) is 5.41 Å². The Kier molecular flexibility index (Phi) is 11.4. The molecular weight excluding hydrogens is 580 g/mol. The van der Waals surface area contributed by atoms with Gasteiger partial charge >= 0.3 is 0 Å². The van der Waals surface area contributed by atoms with Crippen molar-refractivity contribution in [2.45, 2.75) is 43.7 Å². The predicted octanol–water partition coefficient (Wildman–Crippen LogP) is 2.20. The number of hydrogen-bond donors (Lipinski definition) is 7. The van der Waals surface area contributed by atoms with Crippen LogP contribution in [0.3, 0.4) is 0 Å². The van der Waals surface area contributed by atoms with E-state index in [1.165, 1.54) is 0 Å². The monoisotopic (exact) mass is 620 g/mol. The van der Waals surface area contributed by atoms with Gasteiger partial charge in [0.25, 0.3) is 0 Å². The molecule has 0 aliphatic carbocycles. The third-order valence-corrected chi connectivity index (χ3v) is 7.72. The summed E-state index contributed by atoms with van der Waals surface area (Å²) in [4.78, 5) is 44.1. The molecule has 0 aromatic heterocycles. The molecule has 11 N–H and O–H groups in total. The maximum atomic E-state index is 14.1. The molecule has 0 saturated carbocycles. The van der Waals surface area contributed by atoms with Crippen LogP contribution in [0, 0.1) is 5.41 Å².